The number of benzene rings is 2. The number of anilines is 1. The Morgan fingerprint density at radius 3 is 2.53 bits per heavy atom. The molecule has 0 bridgehead atoms. The topological polar surface area (TPSA) is 49.3 Å². The maximum absolute atomic E-state index is 12.1. The summed E-state index contributed by atoms with van der Waals surface area (Å²) in [6.45, 7) is 3.68. The van der Waals surface area contributed by atoms with Crippen molar-refractivity contribution in [3.05, 3.63) is 58.1 Å². The molecule has 0 saturated carbocycles. The quantitative estimate of drug-likeness (QED) is 0.816. The summed E-state index contributed by atoms with van der Waals surface area (Å²) in [4.78, 5) is 12.1. The first kappa shape index (κ1) is 13.4. The van der Waals surface area contributed by atoms with Gasteiger partial charge in [0.15, 0.2) is 0 Å². The van der Waals surface area contributed by atoms with Gasteiger partial charge in [-0.25, -0.2) is 0 Å². The number of aryl methyl sites for hydroxylation is 2. The van der Waals surface area contributed by atoms with Crippen molar-refractivity contribution < 1.29 is 9.90 Å². The molecule has 0 aliphatic rings. The number of amides is 1. The van der Waals surface area contributed by atoms with Gasteiger partial charge in [0.2, 0.25) is 0 Å². The second-order valence-corrected chi connectivity index (χ2v) is 4.85. The minimum atomic E-state index is -0.268. The van der Waals surface area contributed by atoms with Crippen LogP contribution < -0.4 is 5.32 Å². The van der Waals surface area contributed by atoms with E-state index in [1.54, 1.807) is 37.3 Å². The number of phenols is 1. The Hall–Kier alpha value is -2.00. The van der Waals surface area contributed by atoms with E-state index in [2.05, 4.69) is 5.32 Å². The summed E-state index contributed by atoms with van der Waals surface area (Å²) in [5.41, 5.74) is 2.75. The highest BCUT2D eigenvalue weighted by atomic mass is 35.5. The normalized spacial score (nSPS) is 10.3. The Balaban J connectivity index is 2.23. The van der Waals surface area contributed by atoms with Crippen LogP contribution in [0.1, 0.15) is 21.5 Å². The molecule has 2 rings (SSSR count). The number of carbonyl (C=O) groups is 1. The number of hydrogen-bond donors (Lipinski definition) is 2. The zero-order chi connectivity index (χ0) is 14.0. The fraction of sp³-hybridized carbons (Fsp3) is 0.133. The molecule has 0 aliphatic heterocycles. The maximum Gasteiger partial charge on any atom is 0.257 e. The van der Waals surface area contributed by atoms with E-state index in [-0.39, 0.29) is 11.7 Å². The fourth-order valence-electron chi connectivity index (χ4n) is 1.74. The number of nitrogens with one attached hydrogen (secondary N) is 1. The molecule has 0 saturated heterocycles. The van der Waals surface area contributed by atoms with E-state index in [1.807, 2.05) is 13.0 Å². The van der Waals surface area contributed by atoms with Gasteiger partial charge in [0, 0.05) is 5.69 Å². The summed E-state index contributed by atoms with van der Waals surface area (Å²) in [6, 6.07) is 10.2. The van der Waals surface area contributed by atoms with Gasteiger partial charge in [-0.2, -0.15) is 0 Å². The van der Waals surface area contributed by atoms with Gasteiger partial charge in [-0.1, -0.05) is 17.7 Å². The molecule has 0 fully saturated rings. The average molecular weight is 276 g/mol. The molecule has 0 atom stereocenters. The van der Waals surface area contributed by atoms with Crippen LogP contribution in [-0.4, -0.2) is 11.0 Å². The molecule has 0 spiro atoms. The first-order chi connectivity index (χ1) is 8.97. The van der Waals surface area contributed by atoms with Gasteiger partial charge in [-0.05, 0) is 55.3 Å². The Kier molecular flexibility index (Phi) is 3.76. The maximum atomic E-state index is 12.1. The van der Waals surface area contributed by atoms with E-state index in [0.717, 1.165) is 5.56 Å². The van der Waals surface area contributed by atoms with Crippen molar-refractivity contribution in [2.45, 2.75) is 13.8 Å². The molecule has 4 heteroatoms. The lowest BCUT2D eigenvalue weighted by atomic mass is 10.1. The van der Waals surface area contributed by atoms with Crippen molar-refractivity contribution >= 4 is 23.2 Å². The first-order valence-corrected chi connectivity index (χ1v) is 6.22. The Bertz CT molecular complexity index is 638. The number of hydrogen-bond acceptors (Lipinski definition) is 2. The second kappa shape index (κ2) is 5.33. The lowest BCUT2D eigenvalue weighted by molar-refractivity contribution is 0.102. The number of carbonyl (C=O) groups excluding carboxylic acids is 1. The largest absolute Gasteiger partial charge is 0.508 e. The highest BCUT2D eigenvalue weighted by Gasteiger charge is 2.11. The van der Waals surface area contributed by atoms with Gasteiger partial charge in [-0.15, -0.1) is 0 Å². The molecule has 3 nitrogen and oxygen atoms in total. The van der Waals surface area contributed by atoms with Gasteiger partial charge >= 0.3 is 0 Å². The van der Waals surface area contributed by atoms with Gasteiger partial charge in [0.25, 0.3) is 5.91 Å². The second-order valence-electron chi connectivity index (χ2n) is 4.44. The lowest BCUT2D eigenvalue weighted by Crippen LogP contribution is -2.12. The zero-order valence-electron chi connectivity index (χ0n) is 10.7. The minimum absolute atomic E-state index is 0.200. The molecular formula is C15H14ClNO2. The van der Waals surface area contributed by atoms with Crippen LogP contribution in [0.5, 0.6) is 5.75 Å². The third kappa shape index (κ3) is 3.06. The number of aromatic hydroxyl groups is 1. The fourth-order valence-corrected chi connectivity index (χ4v) is 2.06. The van der Waals surface area contributed by atoms with E-state index in [4.69, 9.17) is 11.6 Å². The standard InChI is InChI=1S/C15H14ClNO2/c1-9-3-5-12(13(16)7-9)15(19)17-11-4-6-14(18)10(2)8-11/h3-8,18H,1-2H3,(H,17,19). The van der Waals surface area contributed by atoms with E-state index < -0.39 is 0 Å². The molecule has 1 amide bonds. The Morgan fingerprint density at radius 2 is 1.89 bits per heavy atom. The number of phenolic OH excluding ortho intramolecular Hbond substituents is 1. The molecule has 0 unspecified atom stereocenters. The summed E-state index contributed by atoms with van der Waals surface area (Å²) in [5, 5.41) is 12.6. The molecule has 0 radical (unpaired) electrons. The van der Waals surface area contributed by atoms with Crippen molar-refractivity contribution in [1.82, 2.24) is 0 Å². The van der Waals surface area contributed by atoms with Crippen LogP contribution in [0.3, 0.4) is 0 Å². The van der Waals surface area contributed by atoms with E-state index in [1.165, 1.54) is 0 Å². The van der Waals surface area contributed by atoms with Gasteiger partial charge in [0.05, 0.1) is 10.6 Å². The molecular weight excluding hydrogens is 262 g/mol. The van der Waals surface area contributed by atoms with E-state index >= 15 is 0 Å². The SMILES string of the molecule is Cc1ccc(C(=O)Nc2ccc(O)c(C)c2)c(Cl)c1. The molecule has 2 aromatic carbocycles. The number of halogens is 1. The van der Waals surface area contributed by atoms with E-state index in [9.17, 15) is 9.90 Å². The van der Waals surface area contributed by atoms with E-state index in [0.29, 0.717) is 21.8 Å². The highest BCUT2D eigenvalue weighted by Crippen LogP contribution is 2.22. The molecule has 2 N–H and O–H groups in total. The van der Waals surface area contributed by atoms with Crippen molar-refractivity contribution in [3.63, 3.8) is 0 Å². The third-order valence-corrected chi connectivity index (χ3v) is 3.14. The van der Waals surface area contributed by atoms with Crippen molar-refractivity contribution in [3.8, 4) is 5.75 Å². The van der Waals surface area contributed by atoms with Crippen LogP contribution in [0, 0.1) is 13.8 Å². The minimum Gasteiger partial charge on any atom is -0.508 e. The molecule has 19 heavy (non-hydrogen) atoms. The third-order valence-electron chi connectivity index (χ3n) is 2.82. The van der Waals surface area contributed by atoms with Crippen LogP contribution in [0.4, 0.5) is 5.69 Å². The van der Waals surface area contributed by atoms with Gasteiger partial charge < -0.3 is 10.4 Å². The predicted octanol–water partition coefficient (Wildman–Crippen LogP) is 3.91. The molecule has 0 aromatic heterocycles. The summed E-state index contributed by atoms with van der Waals surface area (Å²) < 4.78 is 0. The van der Waals surface area contributed by atoms with Crippen molar-refractivity contribution in [2.24, 2.45) is 0 Å². The summed E-state index contributed by atoms with van der Waals surface area (Å²) in [6.07, 6.45) is 0. The first-order valence-electron chi connectivity index (χ1n) is 5.84. The highest BCUT2D eigenvalue weighted by molar-refractivity contribution is 6.34. The molecule has 2 aromatic rings. The van der Waals surface area contributed by atoms with Crippen LogP contribution in [0.25, 0.3) is 0 Å². The zero-order valence-corrected chi connectivity index (χ0v) is 11.5. The lowest BCUT2D eigenvalue weighted by Gasteiger charge is -2.08. The summed E-state index contributed by atoms with van der Waals surface area (Å²) >= 11 is 6.05. The predicted molar refractivity (Wildman–Crippen MR) is 77.0 cm³/mol. The van der Waals surface area contributed by atoms with Crippen LogP contribution in [-0.2, 0) is 0 Å². The van der Waals surface area contributed by atoms with Crippen molar-refractivity contribution in [2.75, 3.05) is 5.32 Å². The Morgan fingerprint density at radius 1 is 1.16 bits per heavy atom. The average Bonchev–Trinajstić information content (AvgIpc) is 2.33. The molecule has 0 heterocycles. The van der Waals surface area contributed by atoms with Crippen LogP contribution >= 0.6 is 11.6 Å². The summed E-state index contributed by atoms with van der Waals surface area (Å²) in [7, 11) is 0. The molecule has 0 aliphatic carbocycles. The van der Waals surface area contributed by atoms with Gasteiger partial charge in [0.1, 0.15) is 5.75 Å². The van der Waals surface area contributed by atoms with Crippen molar-refractivity contribution in [1.29, 1.82) is 0 Å². The number of rotatable bonds is 2. The summed E-state index contributed by atoms with van der Waals surface area (Å²) in [5.74, 6) is -0.0681. The Labute approximate surface area is 116 Å². The van der Waals surface area contributed by atoms with Crippen LogP contribution in [0.2, 0.25) is 5.02 Å². The smallest absolute Gasteiger partial charge is 0.257 e. The van der Waals surface area contributed by atoms with Crippen LogP contribution in [0.15, 0.2) is 36.4 Å². The molecule has 98 valence electrons. The van der Waals surface area contributed by atoms with Gasteiger partial charge in [-0.3, -0.25) is 4.79 Å². The monoisotopic (exact) mass is 275 g/mol.